The van der Waals surface area contributed by atoms with Gasteiger partial charge in [0.15, 0.2) is 11.5 Å². The second kappa shape index (κ2) is 9.11. The first-order valence-electron chi connectivity index (χ1n) is 8.55. The van der Waals surface area contributed by atoms with Crippen LogP contribution >= 0.6 is 11.8 Å². The largest absolute Gasteiger partial charge is 0.493 e. The molecule has 0 aliphatic rings. The van der Waals surface area contributed by atoms with Crippen LogP contribution in [-0.2, 0) is 11.3 Å². The van der Waals surface area contributed by atoms with Gasteiger partial charge in [0.25, 0.3) is 0 Å². The Bertz CT molecular complexity index is 1030. The molecule has 1 N–H and O–H groups in total. The van der Waals surface area contributed by atoms with E-state index in [1.807, 2.05) is 30.3 Å². The molecular formula is C21H19N3O3S. The highest BCUT2D eigenvalue weighted by molar-refractivity contribution is 8.00. The van der Waals surface area contributed by atoms with E-state index in [0.29, 0.717) is 34.1 Å². The van der Waals surface area contributed by atoms with Crippen molar-refractivity contribution in [2.45, 2.75) is 11.6 Å². The lowest BCUT2D eigenvalue weighted by Crippen LogP contribution is -2.24. The molecule has 1 aromatic heterocycles. The molecule has 0 unspecified atom stereocenters. The molecule has 28 heavy (non-hydrogen) atoms. The number of methoxy groups -OCH3 is 2. The van der Waals surface area contributed by atoms with E-state index in [1.54, 1.807) is 32.4 Å². The molecule has 0 aliphatic heterocycles. The van der Waals surface area contributed by atoms with Crippen LogP contribution in [0.5, 0.6) is 11.5 Å². The lowest BCUT2D eigenvalue weighted by molar-refractivity contribution is -0.118. The van der Waals surface area contributed by atoms with Crippen LogP contribution in [0.1, 0.15) is 11.1 Å². The number of thioether (sulfide) groups is 1. The van der Waals surface area contributed by atoms with Gasteiger partial charge >= 0.3 is 0 Å². The molecular weight excluding hydrogens is 374 g/mol. The van der Waals surface area contributed by atoms with E-state index in [4.69, 9.17) is 9.47 Å². The molecule has 7 heteroatoms. The third-order valence-electron chi connectivity index (χ3n) is 4.08. The number of benzene rings is 2. The van der Waals surface area contributed by atoms with Crippen molar-refractivity contribution >= 4 is 28.6 Å². The Kier molecular flexibility index (Phi) is 6.35. The molecule has 3 aromatic rings. The standard InChI is InChI=1S/C21H19N3O3S/c1-26-18-9-15-8-16(11-22)21(24-17(15)10-19(18)27-2)28-13-20(25)23-12-14-6-4-3-5-7-14/h3-10H,12-13H2,1-2H3,(H,23,25). The number of hydrogen-bond acceptors (Lipinski definition) is 6. The molecule has 3 rings (SSSR count). The van der Waals surface area contributed by atoms with Gasteiger partial charge in [-0.15, -0.1) is 0 Å². The van der Waals surface area contributed by atoms with Crippen molar-refractivity contribution < 1.29 is 14.3 Å². The summed E-state index contributed by atoms with van der Waals surface area (Å²) < 4.78 is 10.6. The zero-order valence-electron chi connectivity index (χ0n) is 15.6. The predicted octanol–water partition coefficient (Wildman–Crippen LogP) is 3.53. The van der Waals surface area contributed by atoms with Crippen molar-refractivity contribution in [3.8, 4) is 17.6 Å². The van der Waals surface area contributed by atoms with E-state index >= 15 is 0 Å². The van der Waals surface area contributed by atoms with Crippen LogP contribution in [0, 0.1) is 11.3 Å². The normalized spacial score (nSPS) is 10.3. The average molecular weight is 393 g/mol. The van der Waals surface area contributed by atoms with E-state index in [9.17, 15) is 10.1 Å². The highest BCUT2D eigenvalue weighted by atomic mass is 32.2. The molecule has 0 bridgehead atoms. The maximum absolute atomic E-state index is 12.2. The number of nitrogens with one attached hydrogen (secondary N) is 1. The summed E-state index contributed by atoms with van der Waals surface area (Å²) >= 11 is 1.24. The zero-order chi connectivity index (χ0) is 19.9. The van der Waals surface area contributed by atoms with Crippen LogP contribution in [0.25, 0.3) is 10.9 Å². The Balaban J connectivity index is 1.74. The lowest BCUT2D eigenvalue weighted by Gasteiger charge is -2.11. The average Bonchev–Trinajstić information content (AvgIpc) is 2.75. The first-order chi connectivity index (χ1) is 13.6. The molecule has 6 nitrogen and oxygen atoms in total. The Hall–Kier alpha value is -3.24. The Morgan fingerprint density at radius 1 is 1.14 bits per heavy atom. The first-order valence-corrected chi connectivity index (χ1v) is 9.53. The van der Waals surface area contributed by atoms with E-state index in [1.165, 1.54) is 11.8 Å². The molecule has 142 valence electrons. The summed E-state index contributed by atoms with van der Waals surface area (Å²) in [5.74, 6) is 1.19. The molecule has 2 aromatic carbocycles. The minimum absolute atomic E-state index is 0.119. The van der Waals surface area contributed by atoms with Gasteiger partial charge in [-0.1, -0.05) is 42.1 Å². The fourth-order valence-corrected chi connectivity index (χ4v) is 3.45. The van der Waals surface area contributed by atoms with Crippen LogP contribution in [0.3, 0.4) is 0 Å². The number of carbonyl (C=O) groups is 1. The fraction of sp³-hybridized carbons (Fsp3) is 0.190. The second-order valence-electron chi connectivity index (χ2n) is 5.90. The van der Waals surface area contributed by atoms with Crippen LogP contribution in [-0.4, -0.2) is 30.9 Å². The van der Waals surface area contributed by atoms with Gasteiger partial charge in [0.2, 0.25) is 5.91 Å². The van der Waals surface area contributed by atoms with Gasteiger partial charge in [0.05, 0.1) is 31.1 Å². The van der Waals surface area contributed by atoms with Crippen molar-refractivity contribution in [1.82, 2.24) is 10.3 Å². The van der Waals surface area contributed by atoms with Gasteiger partial charge in [-0.2, -0.15) is 5.26 Å². The molecule has 0 atom stereocenters. The molecule has 0 spiro atoms. The maximum atomic E-state index is 12.2. The summed E-state index contributed by atoms with van der Waals surface area (Å²) in [5.41, 5.74) is 2.12. The molecule has 0 fully saturated rings. The van der Waals surface area contributed by atoms with E-state index in [-0.39, 0.29) is 11.7 Å². The van der Waals surface area contributed by atoms with Gasteiger partial charge < -0.3 is 14.8 Å². The number of hydrogen-bond donors (Lipinski definition) is 1. The minimum Gasteiger partial charge on any atom is -0.493 e. The number of rotatable bonds is 7. The van der Waals surface area contributed by atoms with Crippen LogP contribution in [0.15, 0.2) is 53.6 Å². The third kappa shape index (κ3) is 4.53. The van der Waals surface area contributed by atoms with Crippen molar-refractivity contribution in [1.29, 1.82) is 5.26 Å². The van der Waals surface area contributed by atoms with Gasteiger partial charge in [0, 0.05) is 18.0 Å². The van der Waals surface area contributed by atoms with Crippen LogP contribution in [0.4, 0.5) is 0 Å². The number of nitrogens with zero attached hydrogens (tertiary/aromatic N) is 2. The molecule has 0 saturated carbocycles. The highest BCUT2D eigenvalue weighted by Gasteiger charge is 2.13. The summed E-state index contributed by atoms with van der Waals surface area (Å²) in [4.78, 5) is 16.7. The third-order valence-corrected chi connectivity index (χ3v) is 5.07. The molecule has 0 saturated heterocycles. The monoisotopic (exact) mass is 393 g/mol. The summed E-state index contributed by atoms with van der Waals surface area (Å²) in [7, 11) is 3.11. The number of fused-ring (bicyclic) bond motifs is 1. The number of pyridine rings is 1. The van der Waals surface area contributed by atoms with Crippen molar-refractivity contribution in [3.63, 3.8) is 0 Å². The number of ether oxygens (including phenoxy) is 2. The van der Waals surface area contributed by atoms with Crippen LogP contribution < -0.4 is 14.8 Å². The summed E-state index contributed by atoms with van der Waals surface area (Å²) in [6, 6.07) is 17.1. The molecule has 1 amide bonds. The molecule has 0 aliphatic carbocycles. The van der Waals surface area contributed by atoms with Gasteiger partial charge in [-0.25, -0.2) is 4.98 Å². The van der Waals surface area contributed by atoms with E-state index < -0.39 is 0 Å². The Morgan fingerprint density at radius 3 is 2.54 bits per heavy atom. The SMILES string of the molecule is COc1cc2cc(C#N)c(SCC(=O)NCc3ccccc3)nc2cc1OC. The summed E-state index contributed by atoms with van der Waals surface area (Å²) in [6.07, 6.45) is 0. The van der Waals surface area contributed by atoms with Gasteiger partial charge in [-0.3, -0.25) is 4.79 Å². The van der Waals surface area contributed by atoms with E-state index in [2.05, 4.69) is 16.4 Å². The number of aromatic nitrogens is 1. The Labute approximate surface area is 167 Å². The topological polar surface area (TPSA) is 84.2 Å². The van der Waals surface area contributed by atoms with Crippen molar-refractivity contribution in [2.24, 2.45) is 0 Å². The fourth-order valence-electron chi connectivity index (χ4n) is 2.65. The molecule has 1 heterocycles. The summed E-state index contributed by atoms with van der Waals surface area (Å²) in [5, 5.41) is 13.6. The highest BCUT2D eigenvalue weighted by Crippen LogP contribution is 2.33. The maximum Gasteiger partial charge on any atom is 0.230 e. The number of carbonyl (C=O) groups excluding carboxylic acids is 1. The quantitative estimate of drug-likeness (QED) is 0.618. The smallest absolute Gasteiger partial charge is 0.230 e. The van der Waals surface area contributed by atoms with Crippen LogP contribution in [0.2, 0.25) is 0 Å². The minimum atomic E-state index is -0.119. The van der Waals surface area contributed by atoms with Crippen molar-refractivity contribution in [2.75, 3.05) is 20.0 Å². The van der Waals surface area contributed by atoms with Gasteiger partial charge in [-0.05, 0) is 17.7 Å². The number of nitriles is 1. The van der Waals surface area contributed by atoms with Gasteiger partial charge in [0.1, 0.15) is 11.1 Å². The number of amides is 1. The lowest BCUT2D eigenvalue weighted by atomic mass is 10.1. The van der Waals surface area contributed by atoms with E-state index in [0.717, 1.165) is 10.9 Å². The van der Waals surface area contributed by atoms with Crippen molar-refractivity contribution in [3.05, 3.63) is 59.7 Å². The second-order valence-corrected chi connectivity index (χ2v) is 6.87. The summed E-state index contributed by atoms with van der Waals surface area (Å²) in [6.45, 7) is 0.466. The first kappa shape index (κ1) is 19.5. The molecule has 0 radical (unpaired) electrons. The predicted molar refractivity (Wildman–Crippen MR) is 109 cm³/mol. The zero-order valence-corrected chi connectivity index (χ0v) is 16.4. The Morgan fingerprint density at radius 2 is 1.86 bits per heavy atom.